The molecule has 1 N–H and O–H groups in total. The van der Waals surface area contributed by atoms with E-state index in [2.05, 4.69) is 15.3 Å². The third kappa shape index (κ3) is 3.05. The highest BCUT2D eigenvalue weighted by Gasteiger charge is 1.85. The third-order valence-electron chi connectivity index (χ3n) is 1.40. The van der Waals surface area contributed by atoms with Gasteiger partial charge in [0.1, 0.15) is 13.4 Å². The largest absolute Gasteiger partial charge is 0.398 e. The van der Waals surface area contributed by atoms with Gasteiger partial charge in [0, 0.05) is 6.54 Å². The molecule has 12 heavy (non-hydrogen) atoms. The number of nitrogens with one attached hydrogen (secondary N) is 1. The molecule has 0 spiro atoms. The maximum Gasteiger partial charge on any atom is 0.128 e. The van der Waals surface area contributed by atoms with Gasteiger partial charge in [0.05, 0.1) is 0 Å². The van der Waals surface area contributed by atoms with Gasteiger partial charge in [-0.3, -0.25) is 0 Å². The summed E-state index contributed by atoms with van der Waals surface area (Å²) in [6.45, 7) is 0.772. The Labute approximate surface area is 72.0 Å². The molecule has 0 aliphatic rings. The van der Waals surface area contributed by atoms with Crippen molar-refractivity contribution in [1.82, 2.24) is 5.32 Å². The Balaban J connectivity index is 2.29. The molecule has 1 aromatic rings. The molecule has 3 heteroatoms. The smallest absolute Gasteiger partial charge is 0.128 e. The lowest BCUT2D eigenvalue weighted by Crippen LogP contribution is -2.10. The summed E-state index contributed by atoms with van der Waals surface area (Å²) < 4.78 is 0. The molecule has 0 heterocycles. The molecule has 1 aromatic carbocycles. The average Bonchev–Trinajstić information content (AvgIpc) is 2.14. The zero-order valence-electron chi connectivity index (χ0n) is 7.03. The van der Waals surface area contributed by atoms with E-state index in [-0.39, 0.29) is 0 Å². The second-order valence-corrected chi connectivity index (χ2v) is 2.28. The van der Waals surface area contributed by atoms with Crippen molar-refractivity contribution >= 4 is 6.34 Å². The minimum atomic E-state index is 0.772. The van der Waals surface area contributed by atoms with E-state index >= 15 is 0 Å². The lowest BCUT2D eigenvalue weighted by Gasteiger charge is -1.98. The highest BCUT2D eigenvalue weighted by molar-refractivity contribution is 5.53. The van der Waals surface area contributed by atoms with Gasteiger partial charge < -0.3 is 10.2 Å². The Bertz CT molecular complexity index is 234. The van der Waals surface area contributed by atoms with Crippen molar-refractivity contribution in [1.29, 1.82) is 0 Å². The van der Waals surface area contributed by atoms with Crippen molar-refractivity contribution in [3.05, 3.63) is 35.9 Å². The van der Waals surface area contributed by atoms with Crippen molar-refractivity contribution in [2.24, 2.45) is 5.16 Å². The maximum absolute atomic E-state index is 4.49. The fourth-order valence-electron chi connectivity index (χ4n) is 0.849. The van der Waals surface area contributed by atoms with Gasteiger partial charge in [0.2, 0.25) is 0 Å². The van der Waals surface area contributed by atoms with Gasteiger partial charge in [0.25, 0.3) is 0 Å². The van der Waals surface area contributed by atoms with Crippen LogP contribution in [0.15, 0.2) is 35.5 Å². The predicted molar refractivity (Wildman–Crippen MR) is 48.8 cm³/mol. The average molecular weight is 164 g/mol. The summed E-state index contributed by atoms with van der Waals surface area (Å²) >= 11 is 0. The first-order chi connectivity index (χ1) is 5.93. The topological polar surface area (TPSA) is 33.6 Å². The van der Waals surface area contributed by atoms with Gasteiger partial charge in [-0.2, -0.15) is 0 Å². The van der Waals surface area contributed by atoms with Crippen LogP contribution in [0.3, 0.4) is 0 Å². The molecule has 64 valence electrons. The number of hydrogen-bond acceptors (Lipinski definition) is 2. The molecule has 1 rings (SSSR count). The number of oxime groups is 1. The zero-order chi connectivity index (χ0) is 8.65. The Hall–Kier alpha value is -1.51. The van der Waals surface area contributed by atoms with E-state index in [1.54, 1.807) is 0 Å². The first-order valence-electron chi connectivity index (χ1n) is 3.76. The molecule has 0 unspecified atom stereocenters. The molecular formula is C9H12N2O. The van der Waals surface area contributed by atoms with Crippen LogP contribution in [-0.2, 0) is 11.4 Å². The van der Waals surface area contributed by atoms with E-state index in [4.69, 9.17) is 0 Å². The van der Waals surface area contributed by atoms with Crippen molar-refractivity contribution in [3.63, 3.8) is 0 Å². The van der Waals surface area contributed by atoms with Crippen LogP contribution in [0.4, 0.5) is 0 Å². The van der Waals surface area contributed by atoms with Crippen molar-refractivity contribution in [2.75, 3.05) is 7.11 Å². The Kier molecular flexibility index (Phi) is 3.71. The van der Waals surface area contributed by atoms with Crippen LogP contribution in [0.2, 0.25) is 0 Å². The Morgan fingerprint density at radius 1 is 1.42 bits per heavy atom. The third-order valence-corrected chi connectivity index (χ3v) is 1.40. The van der Waals surface area contributed by atoms with Crippen LogP contribution in [0.1, 0.15) is 5.56 Å². The van der Waals surface area contributed by atoms with E-state index in [0.29, 0.717) is 0 Å². The first-order valence-corrected chi connectivity index (χ1v) is 3.76. The lowest BCUT2D eigenvalue weighted by molar-refractivity contribution is 0.214. The number of benzene rings is 1. The molecule has 3 nitrogen and oxygen atoms in total. The summed E-state index contributed by atoms with van der Waals surface area (Å²) in [6.07, 6.45) is 1.53. The number of nitrogens with zero attached hydrogens (tertiary/aromatic N) is 1. The highest BCUT2D eigenvalue weighted by Crippen LogP contribution is 1.95. The summed E-state index contributed by atoms with van der Waals surface area (Å²) in [5, 5.41) is 6.54. The van der Waals surface area contributed by atoms with E-state index in [1.165, 1.54) is 19.0 Å². The van der Waals surface area contributed by atoms with Crippen LogP contribution in [0, 0.1) is 0 Å². The van der Waals surface area contributed by atoms with Crippen LogP contribution in [-0.4, -0.2) is 13.4 Å². The van der Waals surface area contributed by atoms with Gasteiger partial charge >= 0.3 is 0 Å². The molecule has 0 aliphatic heterocycles. The van der Waals surface area contributed by atoms with Crippen LogP contribution >= 0.6 is 0 Å². The number of rotatable bonds is 4. The fraction of sp³-hybridized carbons (Fsp3) is 0.222. The molecule has 0 radical (unpaired) electrons. The molecular weight excluding hydrogens is 152 g/mol. The van der Waals surface area contributed by atoms with E-state index in [0.717, 1.165) is 6.54 Å². The summed E-state index contributed by atoms with van der Waals surface area (Å²) in [5.74, 6) is 0. The van der Waals surface area contributed by atoms with E-state index < -0.39 is 0 Å². The van der Waals surface area contributed by atoms with Crippen LogP contribution in [0.25, 0.3) is 0 Å². The normalized spacial score (nSPS) is 10.1. The summed E-state index contributed by atoms with van der Waals surface area (Å²) in [4.78, 5) is 4.49. The van der Waals surface area contributed by atoms with E-state index in [1.807, 2.05) is 30.3 Å². The number of hydrogen-bond donors (Lipinski definition) is 1. The minimum Gasteiger partial charge on any atom is -0.398 e. The van der Waals surface area contributed by atoms with Crippen LogP contribution < -0.4 is 5.32 Å². The second-order valence-electron chi connectivity index (χ2n) is 2.28. The molecule has 0 saturated carbocycles. The quantitative estimate of drug-likeness (QED) is 0.414. The van der Waals surface area contributed by atoms with Gasteiger partial charge in [0.15, 0.2) is 0 Å². The summed E-state index contributed by atoms with van der Waals surface area (Å²) in [7, 11) is 1.51. The van der Waals surface area contributed by atoms with Gasteiger partial charge in [-0.1, -0.05) is 35.5 Å². The Morgan fingerprint density at radius 2 is 2.17 bits per heavy atom. The first kappa shape index (κ1) is 8.59. The lowest BCUT2D eigenvalue weighted by atomic mass is 10.2. The molecule has 0 amide bonds. The van der Waals surface area contributed by atoms with Crippen molar-refractivity contribution in [3.8, 4) is 0 Å². The molecule has 0 aliphatic carbocycles. The Morgan fingerprint density at radius 3 is 2.83 bits per heavy atom. The standard InChI is InChI=1S/C9H12N2O/c1-12-11-8-10-7-9-5-3-2-4-6-9/h2-6,8H,7H2,1H3,(H,10,11). The zero-order valence-corrected chi connectivity index (χ0v) is 7.03. The molecule has 0 bridgehead atoms. The monoisotopic (exact) mass is 164 g/mol. The van der Waals surface area contributed by atoms with Gasteiger partial charge in [-0.05, 0) is 5.56 Å². The second kappa shape index (κ2) is 5.18. The van der Waals surface area contributed by atoms with Crippen molar-refractivity contribution < 1.29 is 4.84 Å². The van der Waals surface area contributed by atoms with Crippen LogP contribution in [0.5, 0.6) is 0 Å². The van der Waals surface area contributed by atoms with Gasteiger partial charge in [-0.25, -0.2) is 0 Å². The summed E-state index contributed by atoms with van der Waals surface area (Å²) in [6, 6.07) is 10.1. The predicted octanol–water partition coefficient (Wildman–Crippen LogP) is 1.37. The highest BCUT2D eigenvalue weighted by atomic mass is 16.6. The fourth-order valence-corrected chi connectivity index (χ4v) is 0.849. The SMILES string of the molecule is CON=CNCc1ccccc1. The molecule has 0 saturated heterocycles. The van der Waals surface area contributed by atoms with Crippen molar-refractivity contribution in [2.45, 2.75) is 6.54 Å². The minimum absolute atomic E-state index is 0.772. The summed E-state index contributed by atoms with van der Waals surface area (Å²) in [5.41, 5.74) is 1.22. The van der Waals surface area contributed by atoms with E-state index in [9.17, 15) is 0 Å². The molecule has 0 aromatic heterocycles. The molecule has 0 fully saturated rings. The molecule has 0 atom stereocenters. The van der Waals surface area contributed by atoms with Gasteiger partial charge in [-0.15, -0.1) is 0 Å². The maximum atomic E-state index is 4.49.